The number of nitrogens with one attached hydrogen (secondary N) is 2. The van der Waals surface area contributed by atoms with Crippen LogP contribution >= 0.6 is 39.9 Å². The summed E-state index contributed by atoms with van der Waals surface area (Å²) < 4.78 is 1.01. The normalized spacial score (nSPS) is 15.5. The second kappa shape index (κ2) is 8.88. The first-order valence-corrected chi connectivity index (χ1v) is 7.76. The predicted molar refractivity (Wildman–Crippen MR) is 88.8 cm³/mol. The van der Waals surface area contributed by atoms with Crippen LogP contribution in [0.5, 0.6) is 0 Å². The molecule has 2 N–H and O–H groups in total. The molecule has 0 atom stereocenters. The number of amides is 1. The van der Waals surface area contributed by atoms with Crippen molar-refractivity contribution in [3.63, 3.8) is 0 Å². The number of piperidine rings is 1. The second-order valence-corrected chi connectivity index (χ2v) is 6.12. The summed E-state index contributed by atoms with van der Waals surface area (Å²) in [7, 11) is 0. The number of hydrogen-bond donors (Lipinski definition) is 2. The van der Waals surface area contributed by atoms with E-state index in [0.29, 0.717) is 23.9 Å². The molecule has 20 heavy (non-hydrogen) atoms. The topological polar surface area (TPSA) is 41.1 Å². The molecule has 1 aliphatic rings. The van der Waals surface area contributed by atoms with Crippen LogP contribution in [-0.2, 0) is 11.2 Å². The third-order valence-corrected chi connectivity index (χ3v) is 4.34. The Kier molecular flexibility index (Phi) is 7.88. The molecule has 6 heteroatoms. The summed E-state index contributed by atoms with van der Waals surface area (Å²) in [6.07, 6.45) is 3.25. The lowest BCUT2D eigenvalue weighted by Gasteiger charge is -2.23. The van der Waals surface area contributed by atoms with Crippen molar-refractivity contribution >= 4 is 45.8 Å². The third kappa shape index (κ3) is 5.60. The van der Waals surface area contributed by atoms with Crippen LogP contribution in [0, 0.1) is 0 Å². The Labute approximate surface area is 139 Å². The van der Waals surface area contributed by atoms with Crippen LogP contribution in [0.2, 0.25) is 5.02 Å². The maximum Gasteiger partial charge on any atom is 0.220 e. The van der Waals surface area contributed by atoms with Crippen LogP contribution in [0.15, 0.2) is 22.7 Å². The van der Waals surface area contributed by atoms with Crippen LogP contribution in [0.25, 0.3) is 0 Å². The molecular formula is C14H19BrCl2N2O. The Bertz CT molecular complexity index is 451. The van der Waals surface area contributed by atoms with Crippen molar-refractivity contribution in [2.45, 2.75) is 31.7 Å². The van der Waals surface area contributed by atoms with Gasteiger partial charge in [-0.2, -0.15) is 0 Å². The summed E-state index contributed by atoms with van der Waals surface area (Å²) in [5.74, 6) is 0.124. The van der Waals surface area contributed by atoms with Gasteiger partial charge >= 0.3 is 0 Å². The van der Waals surface area contributed by atoms with Gasteiger partial charge in [0.15, 0.2) is 0 Å². The van der Waals surface area contributed by atoms with Gasteiger partial charge in [0.1, 0.15) is 0 Å². The van der Waals surface area contributed by atoms with Crippen LogP contribution in [0.4, 0.5) is 0 Å². The fraction of sp³-hybridized carbons (Fsp3) is 0.500. The molecular weight excluding hydrogens is 363 g/mol. The molecule has 1 aromatic rings. The zero-order valence-corrected chi connectivity index (χ0v) is 14.3. The minimum atomic E-state index is 0. The van der Waals surface area contributed by atoms with E-state index in [4.69, 9.17) is 11.6 Å². The molecule has 1 fully saturated rings. The maximum absolute atomic E-state index is 11.9. The van der Waals surface area contributed by atoms with Gasteiger partial charge in [0, 0.05) is 22.0 Å². The average molecular weight is 382 g/mol. The summed E-state index contributed by atoms with van der Waals surface area (Å²) in [5.41, 5.74) is 1.08. The number of halogens is 3. The van der Waals surface area contributed by atoms with Gasteiger partial charge in [-0.15, -0.1) is 12.4 Å². The number of aryl methyl sites for hydroxylation is 1. The second-order valence-electron chi connectivity index (χ2n) is 4.83. The minimum Gasteiger partial charge on any atom is -0.353 e. The summed E-state index contributed by atoms with van der Waals surface area (Å²) >= 11 is 9.44. The van der Waals surface area contributed by atoms with E-state index in [1.807, 2.05) is 18.2 Å². The summed E-state index contributed by atoms with van der Waals surface area (Å²) in [6.45, 7) is 1.98. The smallest absolute Gasteiger partial charge is 0.220 e. The average Bonchev–Trinajstić information content (AvgIpc) is 2.41. The first-order valence-electron chi connectivity index (χ1n) is 6.59. The Hall–Kier alpha value is -0.290. The highest BCUT2D eigenvalue weighted by molar-refractivity contribution is 9.10. The van der Waals surface area contributed by atoms with Gasteiger partial charge in [0.25, 0.3) is 0 Å². The lowest BCUT2D eigenvalue weighted by Crippen LogP contribution is -2.42. The molecule has 1 amide bonds. The third-order valence-electron chi connectivity index (χ3n) is 3.33. The fourth-order valence-electron chi connectivity index (χ4n) is 2.25. The van der Waals surface area contributed by atoms with Crippen molar-refractivity contribution in [3.8, 4) is 0 Å². The van der Waals surface area contributed by atoms with E-state index in [1.54, 1.807) is 0 Å². The first-order chi connectivity index (χ1) is 9.15. The lowest BCUT2D eigenvalue weighted by molar-refractivity contribution is -0.121. The SMILES string of the molecule is Cl.O=C(CCc1cc(Cl)ccc1Br)NC1CCNCC1. The molecule has 0 unspecified atom stereocenters. The van der Waals surface area contributed by atoms with Crippen LogP contribution < -0.4 is 10.6 Å². The molecule has 0 saturated carbocycles. The highest BCUT2D eigenvalue weighted by Gasteiger charge is 2.15. The lowest BCUT2D eigenvalue weighted by atomic mass is 10.1. The molecule has 3 nitrogen and oxygen atoms in total. The van der Waals surface area contributed by atoms with Crippen molar-refractivity contribution in [1.82, 2.24) is 10.6 Å². The van der Waals surface area contributed by atoms with E-state index in [1.165, 1.54) is 0 Å². The van der Waals surface area contributed by atoms with E-state index in [0.717, 1.165) is 36.0 Å². The highest BCUT2D eigenvalue weighted by Crippen LogP contribution is 2.22. The summed E-state index contributed by atoms with van der Waals surface area (Å²) in [6, 6.07) is 5.99. The summed E-state index contributed by atoms with van der Waals surface area (Å²) in [4.78, 5) is 11.9. The Morgan fingerprint density at radius 1 is 1.40 bits per heavy atom. The molecule has 0 radical (unpaired) electrons. The number of rotatable bonds is 4. The summed E-state index contributed by atoms with van der Waals surface area (Å²) in [5, 5.41) is 7.09. The number of benzene rings is 1. The molecule has 2 rings (SSSR count). The zero-order chi connectivity index (χ0) is 13.7. The van der Waals surface area contributed by atoms with Gasteiger partial charge in [-0.05, 0) is 56.1 Å². The minimum absolute atomic E-state index is 0. The predicted octanol–water partition coefficient (Wildman–Crippen LogP) is 3.33. The van der Waals surface area contributed by atoms with E-state index < -0.39 is 0 Å². The van der Waals surface area contributed by atoms with Crippen LogP contribution in [0.3, 0.4) is 0 Å². The molecule has 0 bridgehead atoms. The molecule has 0 aliphatic carbocycles. The van der Waals surface area contributed by atoms with E-state index >= 15 is 0 Å². The largest absolute Gasteiger partial charge is 0.353 e. The van der Waals surface area contributed by atoms with Crippen molar-refractivity contribution < 1.29 is 4.79 Å². The van der Waals surface area contributed by atoms with E-state index in [-0.39, 0.29) is 18.3 Å². The quantitative estimate of drug-likeness (QED) is 0.839. The van der Waals surface area contributed by atoms with Gasteiger partial charge in [0.05, 0.1) is 0 Å². The monoisotopic (exact) mass is 380 g/mol. The zero-order valence-electron chi connectivity index (χ0n) is 11.1. The van der Waals surface area contributed by atoms with E-state index in [2.05, 4.69) is 26.6 Å². The van der Waals surface area contributed by atoms with Gasteiger partial charge in [-0.3, -0.25) is 4.79 Å². The van der Waals surface area contributed by atoms with Gasteiger partial charge in [0.2, 0.25) is 5.91 Å². The number of carbonyl (C=O) groups is 1. The molecule has 1 aliphatic heterocycles. The standard InChI is InChI=1S/C14H18BrClN2O.ClH/c15-13-3-2-11(16)9-10(13)1-4-14(19)18-12-5-7-17-8-6-12;/h2-3,9,12,17H,1,4-8H2,(H,18,19);1H. The van der Waals surface area contributed by atoms with E-state index in [9.17, 15) is 4.79 Å². The molecule has 1 heterocycles. The first kappa shape index (κ1) is 17.8. The van der Waals surface area contributed by atoms with Crippen LogP contribution in [-0.4, -0.2) is 25.0 Å². The maximum atomic E-state index is 11.9. The molecule has 112 valence electrons. The van der Waals surface area contributed by atoms with Crippen molar-refractivity contribution in [3.05, 3.63) is 33.3 Å². The number of carbonyl (C=O) groups excluding carboxylic acids is 1. The Morgan fingerprint density at radius 3 is 2.80 bits per heavy atom. The number of hydrogen-bond acceptors (Lipinski definition) is 2. The fourth-order valence-corrected chi connectivity index (χ4v) is 2.89. The van der Waals surface area contributed by atoms with Crippen molar-refractivity contribution in [1.29, 1.82) is 0 Å². The van der Waals surface area contributed by atoms with Crippen molar-refractivity contribution in [2.75, 3.05) is 13.1 Å². The Morgan fingerprint density at radius 2 is 2.10 bits per heavy atom. The molecule has 0 spiro atoms. The van der Waals surface area contributed by atoms with Gasteiger partial charge in [-0.25, -0.2) is 0 Å². The van der Waals surface area contributed by atoms with Crippen molar-refractivity contribution in [2.24, 2.45) is 0 Å². The molecule has 1 saturated heterocycles. The molecule has 1 aromatic carbocycles. The van der Waals surface area contributed by atoms with Crippen LogP contribution in [0.1, 0.15) is 24.8 Å². The molecule has 0 aromatic heterocycles. The van der Waals surface area contributed by atoms with Gasteiger partial charge < -0.3 is 10.6 Å². The Balaban J connectivity index is 0.00000200. The highest BCUT2D eigenvalue weighted by atomic mass is 79.9. The van der Waals surface area contributed by atoms with Gasteiger partial charge in [-0.1, -0.05) is 27.5 Å².